The summed E-state index contributed by atoms with van der Waals surface area (Å²) in [4.78, 5) is 23.3. The fourth-order valence-corrected chi connectivity index (χ4v) is 2.04. The molecule has 7 heteroatoms. The first-order valence-corrected chi connectivity index (χ1v) is 7.11. The predicted molar refractivity (Wildman–Crippen MR) is 84.7 cm³/mol. The molecule has 0 spiro atoms. The lowest BCUT2D eigenvalue weighted by Gasteiger charge is -2.15. The van der Waals surface area contributed by atoms with Gasteiger partial charge in [0.1, 0.15) is 0 Å². The summed E-state index contributed by atoms with van der Waals surface area (Å²) < 4.78 is 30.7. The van der Waals surface area contributed by atoms with Gasteiger partial charge in [-0.3, -0.25) is 0 Å². The number of carbonyl (C=O) groups is 2. The van der Waals surface area contributed by atoms with E-state index in [4.69, 9.17) is 0 Å². The Morgan fingerprint density at radius 3 is 2.29 bits per heavy atom. The van der Waals surface area contributed by atoms with Crippen LogP contribution in [0.25, 0.3) is 0 Å². The largest absolute Gasteiger partial charge is 0.465 e. The molecule has 2 N–H and O–H groups in total. The summed E-state index contributed by atoms with van der Waals surface area (Å²) in [5.41, 5.74) is 1.27. The van der Waals surface area contributed by atoms with Crippen molar-refractivity contribution in [3.63, 3.8) is 0 Å². The summed E-state index contributed by atoms with van der Waals surface area (Å²) in [5.74, 6) is -2.39. The van der Waals surface area contributed by atoms with Crippen LogP contribution in [0.15, 0.2) is 42.5 Å². The second-order valence-corrected chi connectivity index (χ2v) is 5.06. The molecular weight excluding hydrogens is 318 g/mol. The number of hydrogen-bond acceptors (Lipinski definition) is 3. The Balaban J connectivity index is 1.97. The predicted octanol–water partition coefficient (Wildman–Crippen LogP) is 3.63. The number of carbonyl (C=O) groups excluding carboxylic acids is 2. The van der Waals surface area contributed by atoms with Crippen molar-refractivity contribution in [3.8, 4) is 0 Å². The van der Waals surface area contributed by atoms with Crippen LogP contribution in [0.3, 0.4) is 0 Å². The molecule has 0 aliphatic rings. The minimum Gasteiger partial charge on any atom is -0.465 e. The van der Waals surface area contributed by atoms with E-state index in [-0.39, 0.29) is 0 Å². The number of anilines is 1. The molecule has 2 aromatic carbocycles. The second kappa shape index (κ2) is 7.54. The van der Waals surface area contributed by atoms with E-state index in [1.54, 1.807) is 19.1 Å². The van der Waals surface area contributed by atoms with Crippen LogP contribution in [-0.4, -0.2) is 19.1 Å². The molecule has 2 aromatic rings. The zero-order valence-electron chi connectivity index (χ0n) is 13.1. The second-order valence-electron chi connectivity index (χ2n) is 5.06. The van der Waals surface area contributed by atoms with Gasteiger partial charge in [-0.1, -0.05) is 6.07 Å². The lowest BCUT2D eigenvalue weighted by Crippen LogP contribution is -2.31. The van der Waals surface area contributed by atoms with Gasteiger partial charge < -0.3 is 15.4 Å². The number of nitrogens with one attached hydrogen (secondary N) is 2. The molecule has 0 aliphatic carbocycles. The minimum atomic E-state index is -0.972. The van der Waals surface area contributed by atoms with E-state index in [0.29, 0.717) is 16.8 Å². The van der Waals surface area contributed by atoms with Gasteiger partial charge in [-0.15, -0.1) is 0 Å². The van der Waals surface area contributed by atoms with Gasteiger partial charge in [0.05, 0.1) is 18.7 Å². The summed E-state index contributed by atoms with van der Waals surface area (Å²) in [6.45, 7) is 1.65. The SMILES string of the molecule is COC(=O)c1ccc(NC(=O)N[C@H](C)c2ccc(F)c(F)c2)cc1. The van der Waals surface area contributed by atoms with E-state index in [1.165, 1.54) is 25.3 Å². The van der Waals surface area contributed by atoms with E-state index in [9.17, 15) is 18.4 Å². The van der Waals surface area contributed by atoms with Crippen LogP contribution >= 0.6 is 0 Å². The fraction of sp³-hybridized carbons (Fsp3) is 0.176. The Hall–Kier alpha value is -2.96. The van der Waals surface area contributed by atoms with Gasteiger partial charge in [0.25, 0.3) is 0 Å². The molecule has 0 radical (unpaired) electrons. The Morgan fingerprint density at radius 2 is 1.71 bits per heavy atom. The third-order valence-corrected chi connectivity index (χ3v) is 3.36. The van der Waals surface area contributed by atoms with Crippen molar-refractivity contribution in [2.24, 2.45) is 0 Å². The van der Waals surface area contributed by atoms with Crippen LogP contribution in [0.4, 0.5) is 19.3 Å². The van der Waals surface area contributed by atoms with Crippen molar-refractivity contribution in [2.45, 2.75) is 13.0 Å². The molecule has 2 rings (SSSR count). The van der Waals surface area contributed by atoms with Crippen LogP contribution < -0.4 is 10.6 Å². The maximum atomic E-state index is 13.2. The Bertz CT molecular complexity index is 748. The van der Waals surface area contributed by atoms with E-state index >= 15 is 0 Å². The number of rotatable bonds is 4. The monoisotopic (exact) mass is 334 g/mol. The maximum absolute atomic E-state index is 13.2. The highest BCUT2D eigenvalue weighted by molar-refractivity contribution is 5.92. The van der Waals surface area contributed by atoms with Crippen LogP contribution in [0.5, 0.6) is 0 Å². The number of halogens is 2. The smallest absolute Gasteiger partial charge is 0.337 e. The summed E-state index contributed by atoms with van der Waals surface area (Å²) in [6, 6.07) is 8.53. The Kier molecular flexibility index (Phi) is 5.47. The highest BCUT2D eigenvalue weighted by Crippen LogP contribution is 2.16. The van der Waals surface area contributed by atoms with E-state index < -0.39 is 29.7 Å². The molecule has 0 aliphatic heterocycles. The van der Waals surface area contributed by atoms with E-state index in [0.717, 1.165) is 12.1 Å². The van der Waals surface area contributed by atoms with Gasteiger partial charge in [0.2, 0.25) is 0 Å². The van der Waals surface area contributed by atoms with Gasteiger partial charge >= 0.3 is 12.0 Å². The lowest BCUT2D eigenvalue weighted by molar-refractivity contribution is 0.0600. The van der Waals surface area contributed by atoms with Gasteiger partial charge in [0, 0.05) is 5.69 Å². The topological polar surface area (TPSA) is 67.4 Å². The zero-order chi connectivity index (χ0) is 17.7. The zero-order valence-corrected chi connectivity index (χ0v) is 13.1. The van der Waals surface area contributed by atoms with Crippen molar-refractivity contribution < 1.29 is 23.1 Å². The molecule has 2 amide bonds. The van der Waals surface area contributed by atoms with E-state index in [1.807, 2.05) is 0 Å². The highest BCUT2D eigenvalue weighted by Gasteiger charge is 2.12. The average Bonchev–Trinajstić information content (AvgIpc) is 2.57. The third kappa shape index (κ3) is 4.28. The number of benzene rings is 2. The first-order chi connectivity index (χ1) is 11.4. The van der Waals surface area contributed by atoms with Crippen molar-refractivity contribution in [2.75, 3.05) is 12.4 Å². The fourth-order valence-electron chi connectivity index (χ4n) is 2.04. The summed E-state index contributed by atoms with van der Waals surface area (Å²) in [5, 5.41) is 5.19. The maximum Gasteiger partial charge on any atom is 0.337 e. The van der Waals surface area contributed by atoms with Gasteiger partial charge in [-0.25, -0.2) is 18.4 Å². The van der Waals surface area contributed by atoms with E-state index in [2.05, 4.69) is 15.4 Å². The van der Waals surface area contributed by atoms with Crippen molar-refractivity contribution >= 4 is 17.7 Å². The molecule has 126 valence electrons. The Labute approximate surface area is 137 Å². The molecule has 0 bridgehead atoms. The van der Waals surface area contributed by atoms with Crippen LogP contribution in [0.1, 0.15) is 28.9 Å². The molecule has 0 saturated carbocycles. The summed E-state index contributed by atoms with van der Waals surface area (Å²) in [7, 11) is 1.28. The minimum absolute atomic E-state index is 0.360. The molecule has 24 heavy (non-hydrogen) atoms. The van der Waals surface area contributed by atoms with Crippen LogP contribution in [0.2, 0.25) is 0 Å². The third-order valence-electron chi connectivity index (χ3n) is 3.36. The lowest BCUT2D eigenvalue weighted by atomic mass is 10.1. The molecule has 0 fully saturated rings. The molecule has 0 unspecified atom stereocenters. The molecule has 0 heterocycles. The number of methoxy groups -OCH3 is 1. The van der Waals surface area contributed by atoms with Crippen molar-refractivity contribution in [1.29, 1.82) is 0 Å². The summed E-state index contributed by atoms with van der Waals surface area (Å²) in [6.07, 6.45) is 0. The van der Waals surface area contributed by atoms with Gasteiger partial charge in [0.15, 0.2) is 11.6 Å². The normalized spacial score (nSPS) is 11.5. The van der Waals surface area contributed by atoms with Gasteiger partial charge in [-0.05, 0) is 48.9 Å². The van der Waals surface area contributed by atoms with Crippen molar-refractivity contribution in [1.82, 2.24) is 5.32 Å². The molecule has 0 aromatic heterocycles. The summed E-state index contributed by atoms with van der Waals surface area (Å²) >= 11 is 0. The van der Waals surface area contributed by atoms with Crippen LogP contribution in [-0.2, 0) is 4.74 Å². The number of ether oxygens (including phenoxy) is 1. The highest BCUT2D eigenvalue weighted by atomic mass is 19.2. The quantitative estimate of drug-likeness (QED) is 0.839. The van der Waals surface area contributed by atoms with Crippen LogP contribution in [0, 0.1) is 11.6 Å². The average molecular weight is 334 g/mol. The molecule has 5 nitrogen and oxygen atoms in total. The molecular formula is C17H16F2N2O3. The number of hydrogen-bond donors (Lipinski definition) is 2. The number of urea groups is 1. The number of amides is 2. The Morgan fingerprint density at radius 1 is 1.04 bits per heavy atom. The standard InChI is InChI=1S/C17H16F2N2O3/c1-10(12-5-8-14(18)15(19)9-12)20-17(23)21-13-6-3-11(4-7-13)16(22)24-2/h3-10H,1-2H3,(H2,20,21,23)/t10-/m1/s1. The van der Waals surface area contributed by atoms with Gasteiger partial charge in [-0.2, -0.15) is 0 Å². The number of esters is 1. The first-order valence-electron chi connectivity index (χ1n) is 7.11. The molecule has 0 saturated heterocycles. The molecule has 1 atom stereocenters. The van der Waals surface area contributed by atoms with Crippen molar-refractivity contribution in [3.05, 3.63) is 65.2 Å². The first kappa shape index (κ1) is 17.4.